The van der Waals surface area contributed by atoms with E-state index in [2.05, 4.69) is 4.98 Å². The van der Waals surface area contributed by atoms with Crippen molar-refractivity contribution in [1.82, 2.24) is 4.98 Å². The van der Waals surface area contributed by atoms with Gasteiger partial charge in [-0.05, 0) is 11.6 Å². The van der Waals surface area contributed by atoms with Crippen LogP contribution in [-0.4, -0.2) is 10.1 Å². The minimum atomic E-state index is -2.68. The molecule has 0 unspecified atom stereocenters. The Kier molecular flexibility index (Phi) is 2.88. The van der Waals surface area contributed by atoms with E-state index in [1.807, 2.05) is 0 Å². The molecule has 1 N–H and O–H groups in total. The van der Waals surface area contributed by atoms with Crippen LogP contribution in [0.1, 0.15) is 23.2 Å². The molecule has 0 atom stereocenters. The first kappa shape index (κ1) is 9.55. The van der Waals surface area contributed by atoms with Gasteiger partial charge in [-0.3, -0.25) is 0 Å². The summed E-state index contributed by atoms with van der Waals surface area (Å²) in [5, 5.41) is 17.1. The van der Waals surface area contributed by atoms with Gasteiger partial charge in [0.1, 0.15) is 11.8 Å². The molecule has 0 spiro atoms. The van der Waals surface area contributed by atoms with E-state index in [9.17, 15) is 8.78 Å². The molecule has 1 heterocycles. The van der Waals surface area contributed by atoms with E-state index < -0.39 is 13.0 Å². The second-order valence-corrected chi connectivity index (χ2v) is 2.34. The molecule has 0 radical (unpaired) electrons. The van der Waals surface area contributed by atoms with Crippen molar-refractivity contribution in [2.75, 3.05) is 0 Å². The highest BCUT2D eigenvalue weighted by atomic mass is 19.3. The van der Waals surface area contributed by atoms with E-state index in [1.165, 1.54) is 0 Å². The molecule has 0 saturated heterocycles. The topological polar surface area (TPSA) is 56.9 Å². The number of hydrogen-bond donors (Lipinski definition) is 1. The van der Waals surface area contributed by atoms with Crippen LogP contribution >= 0.6 is 0 Å². The molecule has 0 amide bonds. The van der Waals surface area contributed by atoms with Gasteiger partial charge in [0.2, 0.25) is 0 Å². The van der Waals surface area contributed by atoms with Crippen molar-refractivity contribution >= 4 is 0 Å². The summed E-state index contributed by atoms with van der Waals surface area (Å²) in [5.41, 5.74) is -0.267. The standard InChI is InChI=1S/C8H6F2N2O/c9-8(10)7-3-12-6(2-11)1-5(7)4-13/h1,3,8,13H,4H2. The monoisotopic (exact) mass is 184 g/mol. The van der Waals surface area contributed by atoms with Gasteiger partial charge in [0, 0.05) is 11.8 Å². The minimum absolute atomic E-state index is 0.0217. The summed E-state index contributed by atoms with van der Waals surface area (Å²) in [5.74, 6) is 0. The summed E-state index contributed by atoms with van der Waals surface area (Å²) in [6, 6.07) is 2.85. The first-order valence-electron chi connectivity index (χ1n) is 3.47. The van der Waals surface area contributed by atoms with Crippen LogP contribution in [0.3, 0.4) is 0 Å². The van der Waals surface area contributed by atoms with Crippen LogP contribution in [0.25, 0.3) is 0 Å². The zero-order valence-electron chi connectivity index (χ0n) is 6.54. The maximum absolute atomic E-state index is 12.2. The number of aromatic nitrogens is 1. The van der Waals surface area contributed by atoms with Crippen molar-refractivity contribution in [3.05, 3.63) is 29.1 Å². The minimum Gasteiger partial charge on any atom is -0.392 e. The Morgan fingerprint density at radius 2 is 2.31 bits per heavy atom. The number of rotatable bonds is 2. The fourth-order valence-corrected chi connectivity index (χ4v) is 0.902. The van der Waals surface area contributed by atoms with Crippen LogP contribution in [-0.2, 0) is 6.61 Å². The molecule has 0 bridgehead atoms. The molecule has 5 heteroatoms. The van der Waals surface area contributed by atoms with Gasteiger partial charge in [0.25, 0.3) is 6.43 Å². The second kappa shape index (κ2) is 3.92. The van der Waals surface area contributed by atoms with Gasteiger partial charge in [-0.2, -0.15) is 5.26 Å². The molecule has 1 rings (SSSR count). The summed E-state index contributed by atoms with van der Waals surface area (Å²) in [6.45, 7) is -0.517. The third kappa shape index (κ3) is 1.98. The van der Waals surface area contributed by atoms with E-state index in [4.69, 9.17) is 10.4 Å². The average molecular weight is 184 g/mol. The van der Waals surface area contributed by atoms with Gasteiger partial charge in [-0.25, -0.2) is 13.8 Å². The molecule has 0 saturated carbocycles. The fraction of sp³-hybridized carbons (Fsp3) is 0.250. The third-order valence-electron chi connectivity index (χ3n) is 1.54. The summed E-state index contributed by atoms with van der Waals surface area (Å²) in [7, 11) is 0. The maximum atomic E-state index is 12.2. The summed E-state index contributed by atoms with van der Waals surface area (Å²) in [4.78, 5) is 3.47. The quantitative estimate of drug-likeness (QED) is 0.755. The number of nitrogens with zero attached hydrogens (tertiary/aromatic N) is 2. The van der Waals surface area contributed by atoms with E-state index in [1.54, 1.807) is 6.07 Å². The smallest absolute Gasteiger partial charge is 0.265 e. The zero-order valence-corrected chi connectivity index (χ0v) is 6.54. The first-order chi connectivity index (χ1) is 6.19. The summed E-state index contributed by atoms with van der Waals surface area (Å²) >= 11 is 0. The molecule has 1 aromatic heterocycles. The van der Waals surface area contributed by atoms with Gasteiger partial charge in [-0.15, -0.1) is 0 Å². The molecule has 0 aliphatic heterocycles. The molecule has 0 aliphatic carbocycles. The van der Waals surface area contributed by atoms with E-state index in [-0.39, 0.29) is 16.8 Å². The second-order valence-electron chi connectivity index (χ2n) is 2.34. The molecule has 68 valence electrons. The van der Waals surface area contributed by atoms with Crippen molar-refractivity contribution in [2.24, 2.45) is 0 Å². The Hall–Kier alpha value is -1.54. The lowest BCUT2D eigenvalue weighted by Crippen LogP contribution is -1.97. The average Bonchev–Trinajstić information content (AvgIpc) is 2.16. The first-order valence-corrected chi connectivity index (χ1v) is 3.47. The van der Waals surface area contributed by atoms with E-state index >= 15 is 0 Å². The number of nitriles is 1. The number of pyridine rings is 1. The largest absolute Gasteiger partial charge is 0.392 e. The van der Waals surface area contributed by atoms with Crippen molar-refractivity contribution in [1.29, 1.82) is 5.26 Å². The van der Waals surface area contributed by atoms with Crippen LogP contribution in [0, 0.1) is 11.3 Å². The molecule has 1 aromatic rings. The molecule has 13 heavy (non-hydrogen) atoms. The van der Waals surface area contributed by atoms with E-state index in [0.29, 0.717) is 0 Å². The van der Waals surface area contributed by atoms with Gasteiger partial charge >= 0.3 is 0 Å². The number of aliphatic hydroxyl groups excluding tert-OH is 1. The van der Waals surface area contributed by atoms with Crippen molar-refractivity contribution in [3.63, 3.8) is 0 Å². The molecule has 0 aliphatic rings. The lowest BCUT2D eigenvalue weighted by molar-refractivity contribution is 0.146. The Bertz CT molecular complexity index is 346. The predicted molar refractivity (Wildman–Crippen MR) is 39.8 cm³/mol. The predicted octanol–water partition coefficient (Wildman–Crippen LogP) is 1.38. The van der Waals surface area contributed by atoms with Crippen LogP contribution in [0.2, 0.25) is 0 Å². The maximum Gasteiger partial charge on any atom is 0.265 e. The van der Waals surface area contributed by atoms with Gasteiger partial charge in [-0.1, -0.05) is 0 Å². The van der Waals surface area contributed by atoms with Gasteiger partial charge < -0.3 is 5.11 Å². The van der Waals surface area contributed by atoms with Crippen LogP contribution in [0.5, 0.6) is 0 Å². The third-order valence-corrected chi connectivity index (χ3v) is 1.54. The lowest BCUT2D eigenvalue weighted by Gasteiger charge is -2.04. The Labute approximate surface area is 73.3 Å². The Morgan fingerprint density at radius 3 is 2.77 bits per heavy atom. The van der Waals surface area contributed by atoms with E-state index in [0.717, 1.165) is 12.3 Å². The van der Waals surface area contributed by atoms with Crippen LogP contribution in [0.4, 0.5) is 8.78 Å². The highest BCUT2D eigenvalue weighted by Crippen LogP contribution is 2.22. The SMILES string of the molecule is N#Cc1cc(CO)c(C(F)F)cn1. The fourth-order valence-electron chi connectivity index (χ4n) is 0.902. The van der Waals surface area contributed by atoms with Crippen molar-refractivity contribution < 1.29 is 13.9 Å². The molecule has 0 fully saturated rings. The lowest BCUT2D eigenvalue weighted by atomic mass is 10.1. The van der Waals surface area contributed by atoms with Crippen LogP contribution in [0.15, 0.2) is 12.3 Å². The molecular formula is C8H6F2N2O. The van der Waals surface area contributed by atoms with Gasteiger partial charge in [0.15, 0.2) is 0 Å². The van der Waals surface area contributed by atoms with Crippen LogP contribution < -0.4 is 0 Å². The highest BCUT2D eigenvalue weighted by molar-refractivity contribution is 5.32. The Morgan fingerprint density at radius 1 is 1.62 bits per heavy atom. The number of alkyl halides is 2. The number of halogens is 2. The summed E-state index contributed by atoms with van der Waals surface area (Å²) in [6.07, 6.45) is -1.77. The highest BCUT2D eigenvalue weighted by Gasteiger charge is 2.13. The number of aliphatic hydroxyl groups is 1. The summed E-state index contributed by atoms with van der Waals surface area (Å²) < 4.78 is 24.4. The molecule has 3 nitrogen and oxygen atoms in total. The zero-order chi connectivity index (χ0) is 9.84. The van der Waals surface area contributed by atoms with Crippen molar-refractivity contribution in [3.8, 4) is 6.07 Å². The van der Waals surface area contributed by atoms with Gasteiger partial charge in [0.05, 0.1) is 6.61 Å². The Balaban J connectivity index is 3.17. The number of hydrogen-bond acceptors (Lipinski definition) is 3. The van der Waals surface area contributed by atoms with Crippen molar-refractivity contribution in [2.45, 2.75) is 13.0 Å². The molecular weight excluding hydrogens is 178 g/mol. The molecule has 0 aromatic carbocycles. The normalized spacial score (nSPS) is 10.1.